The van der Waals surface area contributed by atoms with E-state index in [0.717, 1.165) is 12.5 Å². The lowest BCUT2D eigenvalue weighted by Gasteiger charge is -2.41. The monoisotopic (exact) mass is 299 g/mol. The van der Waals surface area contributed by atoms with Gasteiger partial charge < -0.3 is 15.5 Å². The third-order valence-electron chi connectivity index (χ3n) is 6.15. The molecular formula is C19H29N3. The molecule has 4 rings (SSSR count). The van der Waals surface area contributed by atoms with E-state index in [4.69, 9.17) is 0 Å². The van der Waals surface area contributed by atoms with Gasteiger partial charge in [-0.25, -0.2) is 0 Å². The minimum Gasteiger partial charge on any atom is -0.384 e. The second-order valence-electron chi connectivity index (χ2n) is 7.68. The number of nitrogens with zero attached hydrogens (tertiary/aromatic N) is 1. The molecule has 3 aliphatic heterocycles. The van der Waals surface area contributed by atoms with Gasteiger partial charge in [0.15, 0.2) is 0 Å². The van der Waals surface area contributed by atoms with Gasteiger partial charge in [-0.1, -0.05) is 17.7 Å². The summed E-state index contributed by atoms with van der Waals surface area (Å²) in [5.41, 5.74) is 4.79. The zero-order valence-electron chi connectivity index (χ0n) is 13.8. The summed E-state index contributed by atoms with van der Waals surface area (Å²) >= 11 is 0. The van der Waals surface area contributed by atoms with E-state index >= 15 is 0 Å². The molecule has 0 amide bonds. The third-order valence-corrected chi connectivity index (χ3v) is 6.15. The number of anilines is 1. The number of fused-ring (bicyclic) bond motifs is 2. The van der Waals surface area contributed by atoms with Crippen LogP contribution in [0.1, 0.15) is 36.8 Å². The smallest absolute Gasteiger partial charge is 0.0379 e. The predicted octanol–water partition coefficient (Wildman–Crippen LogP) is 2.75. The van der Waals surface area contributed by atoms with Gasteiger partial charge in [-0.15, -0.1) is 0 Å². The fourth-order valence-electron chi connectivity index (χ4n) is 4.65. The molecular weight excluding hydrogens is 270 g/mol. The molecule has 0 bridgehead atoms. The maximum atomic E-state index is 3.66. The third kappa shape index (κ3) is 2.65. The Hall–Kier alpha value is -1.06. The van der Waals surface area contributed by atoms with Crippen LogP contribution in [0, 0.1) is 12.8 Å². The summed E-state index contributed by atoms with van der Waals surface area (Å²) in [6, 6.07) is 6.94. The first-order valence-electron chi connectivity index (χ1n) is 9.03. The summed E-state index contributed by atoms with van der Waals surface area (Å²) in [6.07, 6.45) is 5.37. The van der Waals surface area contributed by atoms with Gasteiger partial charge >= 0.3 is 0 Å². The first-order chi connectivity index (χ1) is 10.8. The molecule has 2 N–H and O–H groups in total. The van der Waals surface area contributed by atoms with Gasteiger partial charge in [0.05, 0.1) is 0 Å². The van der Waals surface area contributed by atoms with Crippen molar-refractivity contribution in [3.63, 3.8) is 0 Å². The van der Waals surface area contributed by atoms with Gasteiger partial charge in [0, 0.05) is 24.2 Å². The summed E-state index contributed by atoms with van der Waals surface area (Å²) in [6.45, 7) is 9.69. The molecule has 0 unspecified atom stereocenters. The molecule has 0 atom stereocenters. The van der Waals surface area contributed by atoms with E-state index in [-0.39, 0.29) is 0 Å². The molecule has 0 aromatic heterocycles. The average molecular weight is 299 g/mol. The quantitative estimate of drug-likeness (QED) is 0.879. The minimum atomic E-state index is 0.409. The van der Waals surface area contributed by atoms with Crippen molar-refractivity contribution >= 4 is 5.69 Å². The molecule has 120 valence electrons. The molecule has 22 heavy (non-hydrogen) atoms. The van der Waals surface area contributed by atoms with E-state index in [9.17, 15) is 0 Å². The lowest BCUT2D eigenvalue weighted by Crippen LogP contribution is -2.46. The Morgan fingerprint density at radius 2 is 1.95 bits per heavy atom. The van der Waals surface area contributed by atoms with Crippen molar-refractivity contribution in [2.45, 2.75) is 38.0 Å². The number of aryl methyl sites for hydroxylation is 1. The summed E-state index contributed by atoms with van der Waals surface area (Å²) in [5.74, 6) is 0.923. The highest BCUT2D eigenvalue weighted by atomic mass is 15.1. The molecule has 0 radical (unpaired) electrons. The highest BCUT2D eigenvalue weighted by molar-refractivity contribution is 5.61. The Bertz CT molecular complexity index is 525. The highest BCUT2D eigenvalue weighted by Gasteiger charge is 2.41. The minimum absolute atomic E-state index is 0.409. The molecule has 1 aromatic rings. The molecule has 0 aliphatic carbocycles. The number of hydrogen-bond donors (Lipinski definition) is 2. The van der Waals surface area contributed by atoms with E-state index in [2.05, 4.69) is 40.7 Å². The lowest BCUT2D eigenvalue weighted by molar-refractivity contribution is 0.137. The van der Waals surface area contributed by atoms with E-state index in [1.807, 2.05) is 0 Å². The van der Waals surface area contributed by atoms with Crippen LogP contribution in [0.5, 0.6) is 0 Å². The van der Waals surface area contributed by atoms with E-state index < -0.39 is 0 Å². The van der Waals surface area contributed by atoms with Crippen molar-refractivity contribution in [1.29, 1.82) is 0 Å². The molecule has 3 aliphatic rings. The number of piperidine rings is 2. The van der Waals surface area contributed by atoms with Crippen LogP contribution in [0.15, 0.2) is 18.2 Å². The van der Waals surface area contributed by atoms with Crippen LogP contribution < -0.4 is 10.6 Å². The van der Waals surface area contributed by atoms with Crippen LogP contribution in [0.25, 0.3) is 0 Å². The predicted molar refractivity (Wildman–Crippen MR) is 92.6 cm³/mol. The number of likely N-dealkylation sites (tertiary alicyclic amines) is 1. The Morgan fingerprint density at radius 3 is 2.73 bits per heavy atom. The summed E-state index contributed by atoms with van der Waals surface area (Å²) in [4.78, 5) is 2.73. The first-order valence-corrected chi connectivity index (χ1v) is 9.03. The zero-order valence-corrected chi connectivity index (χ0v) is 13.8. The lowest BCUT2D eigenvalue weighted by atomic mass is 9.74. The number of nitrogens with one attached hydrogen (secondary N) is 2. The molecule has 2 fully saturated rings. The van der Waals surface area contributed by atoms with Gasteiger partial charge in [-0.2, -0.15) is 0 Å². The van der Waals surface area contributed by atoms with Crippen LogP contribution >= 0.6 is 0 Å². The van der Waals surface area contributed by atoms with Crippen molar-refractivity contribution in [2.24, 2.45) is 5.92 Å². The average Bonchev–Trinajstić information content (AvgIpc) is 2.89. The maximum absolute atomic E-state index is 3.66. The van der Waals surface area contributed by atoms with Crippen LogP contribution in [-0.2, 0) is 5.41 Å². The molecule has 1 aromatic carbocycles. The van der Waals surface area contributed by atoms with E-state index in [1.54, 1.807) is 5.56 Å². The number of rotatable bonds is 2. The molecule has 1 spiro atoms. The topological polar surface area (TPSA) is 27.3 Å². The van der Waals surface area contributed by atoms with Gasteiger partial charge in [-0.05, 0) is 76.3 Å². The number of hydrogen-bond acceptors (Lipinski definition) is 3. The second kappa shape index (κ2) is 5.86. The Labute approximate surface area is 134 Å². The Morgan fingerprint density at radius 1 is 1.18 bits per heavy atom. The van der Waals surface area contributed by atoms with E-state index in [0.29, 0.717) is 5.41 Å². The molecule has 0 saturated carbocycles. The fraction of sp³-hybridized carbons (Fsp3) is 0.684. The van der Waals surface area contributed by atoms with Crippen molar-refractivity contribution in [3.05, 3.63) is 29.3 Å². The SMILES string of the molecule is Cc1ccc2c(c1)C1(CCN(CC3CCNCC3)CC1)CN2. The molecule has 2 saturated heterocycles. The Kier molecular flexibility index (Phi) is 3.87. The van der Waals surface area contributed by atoms with Crippen molar-refractivity contribution < 1.29 is 0 Å². The molecule has 3 nitrogen and oxygen atoms in total. The highest BCUT2D eigenvalue weighted by Crippen LogP contribution is 2.44. The fourth-order valence-corrected chi connectivity index (χ4v) is 4.65. The Balaban J connectivity index is 1.41. The van der Waals surface area contributed by atoms with Gasteiger partial charge in [0.25, 0.3) is 0 Å². The van der Waals surface area contributed by atoms with Crippen LogP contribution in [-0.4, -0.2) is 44.2 Å². The number of benzene rings is 1. The normalized spacial score (nSPS) is 25.1. The zero-order chi connectivity index (χ0) is 15.0. The summed E-state index contributed by atoms with van der Waals surface area (Å²) in [5, 5.41) is 7.14. The first kappa shape index (κ1) is 14.5. The van der Waals surface area contributed by atoms with Crippen LogP contribution in [0.2, 0.25) is 0 Å². The van der Waals surface area contributed by atoms with Crippen LogP contribution in [0.4, 0.5) is 5.69 Å². The van der Waals surface area contributed by atoms with Crippen LogP contribution in [0.3, 0.4) is 0 Å². The van der Waals surface area contributed by atoms with Crippen molar-refractivity contribution in [2.75, 3.05) is 44.6 Å². The van der Waals surface area contributed by atoms with Gasteiger partial charge in [0.1, 0.15) is 0 Å². The van der Waals surface area contributed by atoms with Crippen molar-refractivity contribution in [3.8, 4) is 0 Å². The largest absolute Gasteiger partial charge is 0.384 e. The van der Waals surface area contributed by atoms with Crippen molar-refractivity contribution in [1.82, 2.24) is 10.2 Å². The maximum Gasteiger partial charge on any atom is 0.0379 e. The molecule has 3 heterocycles. The standard InChI is InChI=1S/C19H29N3/c1-15-2-3-18-17(12-15)19(14-21-18)6-10-22(11-7-19)13-16-4-8-20-9-5-16/h2-3,12,16,20-21H,4-11,13-14H2,1H3. The summed E-state index contributed by atoms with van der Waals surface area (Å²) < 4.78 is 0. The van der Waals surface area contributed by atoms with Gasteiger partial charge in [-0.3, -0.25) is 0 Å². The van der Waals surface area contributed by atoms with E-state index in [1.165, 1.54) is 69.7 Å². The second-order valence-corrected chi connectivity index (χ2v) is 7.68. The van der Waals surface area contributed by atoms with Gasteiger partial charge in [0.2, 0.25) is 0 Å². The molecule has 3 heteroatoms. The summed E-state index contributed by atoms with van der Waals surface area (Å²) in [7, 11) is 0.